The molecule has 2 N–H and O–H groups in total. The molecule has 5 heteroatoms. The standard InChI is InChI=1S/C12H23N3O2/c1-10(2)3-4-12(17)15-7-5-14(6-8-15)9-11(13)16/h10H,3-9H2,1-2H3,(H2,13,16). The van der Waals surface area contributed by atoms with Crippen LogP contribution in [-0.2, 0) is 9.59 Å². The number of nitrogens with two attached hydrogens (primary N) is 1. The van der Waals surface area contributed by atoms with Crippen LogP contribution in [0.25, 0.3) is 0 Å². The Kier molecular flexibility index (Phi) is 5.41. The van der Waals surface area contributed by atoms with E-state index < -0.39 is 0 Å². The summed E-state index contributed by atoms with van der Waals surface area (Å²) in [4.78, 5) is 26.5. The molecule has 0 aromatic rings. The number of carbonyl (C=O) groups is 2. The fourth-order valence-electron chi connectivity index (χ4n) is 1.95. The number of primary amides is 1. The van der Waals surface area contributed by atoms with Gasteiger partial charge in [-0.3, -0.25) is 14.5 Å². The van der Waals surface area contributed by atoms with Gasteiger partial charge in [0.15, 0.2) is 0 Å². The summed E-state index contributed by atoms with van der Waals surface area (Å²) in [5, 5.41) is 0. The van der Waals surface area contributed by atoms with Crippen LogP contribution in [0.5, 0.6) is 0 Å². The van der Waals surface area contributed by atoms with E-state index in [0.29, 0.717) is 32.0 Å². The topological polar surface area (TPSA) is 66.6 Å². The molecule has 0 aliphatic carbocycles. The van der Waals surface area contributed by atoms with Gasteiger partial charge in [-0.1, -0.05) is 13.8 Å². The summed E-state index contributed by atoms with van der Waals surface area (Å²) in [6, 6.07) is 0. The van der Waals surface area contributed by atoms with Gasteiger partial charge in [-0.15, -0.1) is 0 Å². The number of amides is 2. The lowest BCUT2D eigenvalue weighted by molar-refractivity contribution is -0.133. The minimum Gasteiger partial charge on any atom is -0.369 e. The second kappa shape index (κ2) is 6.59. The Labute approximate surface area is 103 Å². The lowest BCUT2D eigenvalue weighted by Crippen LogP contribution is -2.50. The summed E-state index contributed by atoms with van der Waals surface area (Å²) in [6.07, 6.45) is 1.58. The SMILES string of the molecule is CC(C)CCC(=O)N1CCN(CC(N)=O)CC1. The average molecular weight is 241 g/mol. The summed E-state index contributed by atoms with van der Waals surface area (Å²) in [7, 11) is 0. The van der Waals surface area contributed by atoms with E-state index in [9.17, 15) is 9.59 Å². The fraction of sp³-hybridized carbons (Fsp3) is 0.833. The molecule has 1 aliphatic heterocycles. The molecular weight excluding hydrogens is 218 g/mol. The second-order valence-corrected chi connectivity index (χ2v) is 5.06. The van der Waals surface area contributed by atoms with Crippen molar-refractivity contribution in [3.8, 4) is 0 Å². The summed E-state index contributed by atoms with van der Waals surface area (Å²) < 4.78 is 0. The van der Waals surface area contributed by atoms with Crippen molar-refractivity contribution in [2.24, 2.45) is 11.7 Å². The van der Waals surface area contributed by atoms with Gasteiger partial charge in [0, 0.05) is 32.6 Å². The van der Waals surface area contributed by atoms with Gasteiger partial charge in [-0.2, -0.15) is 0 Å². The van der Waals surface area contributed by atoms with E-state index in [1.165, 1.54) is 0 Å². The van der Waals surface area contributed by atoms with Crippen LogP contribution in [-0.4, -0.2) is 54.3 Å². The number of hydrogen-bond donors (Lipinski definition) is 1. The summed E-state index contributed by atoms with van der Waals surface area (Å²) in [6.45, 7) is 7.46. The van der Waals surface area contributed by atoms with Gasteiger partial charge < -0.3 is 10.6 Å². The Hall–Kier alpha value is -1.10. The molecule has 2 amide bonds. The zero-order valence-corrected chi connectivity index (χ0v) is 10.8. The third kappa shape index (κ3) is 5.17. The fourth-order valence-corrected chi connectivity index (χ4v) is 1.95. The molecule has 1 fully saturated rings. The van der Waals surface area contributed by atoms with E-state index in [-0.39, 0.29) is 11.8 Å². The highest BCUT2D eigenvalue weighted by Gasteiger charge is 2.21. The molecule has 0 atom stereocenters. The molecule has 0 spiro atoms. The van der Waals surface area contributed by atoms with Crippen molar-refractivity contribution < 1.29 is 9.59 Å². The minimum absolute atomic E-state index is 0.234. The highest BCUT2D eigenvalue weighted by atomic mass is 16.2. The summed E-state index contributed by atoms with van der Waals surface area (Å²) in [5.74, 6) is 0.497. The molecule has 0 bridgehead atoms. The van der Waals surface area contributed by atoms with Crippen LogP contribution in [0.2, 0.25) is 0 Å². The Morgan fingerprint density at radius 3 is 2.24 bits per heavy atom. The van der Waals surface area contributed by atoms with Crippen LogP contribution >= 0.6 is 0 Å². The van der Waals surface area contributed by atoms with Crippen molar-refractivity contribution in [1.82, 2.24) is 9.80 Å². The molecular formula is C12H23N3O2. The summed E-state index contributed by atoms with van der Waals surface area (Å²) >= 11 is 0. The van der Waals surface area contributed by atoms with Crippen molar-refractivity contribution in [2.45, 2.75) is 26.7 Å². The van der Waals surface area contributed by atoms with Crippen molar-refractivity contribution in [3.63, 3.8) is 0 Å². The third-order valence-electron chi connectivity index (χ3n) is 3.04. The van der Waals surface area contributed by atoms with Gasteiger partial charge in [-0.05, 0) is 12.3 Å². The van der Waals surface area contributed by atoms with E-state index in [0.717, 1.165) is 19.5 Å². The van der Waals surface area contributed by atoms with Crippen molar-refractivity contribution >= 4 is 11.8 Å². The lowest BCUT2D eigenvalue weighted by Gasteiger charge is -2.34. The lowest BCUT2D eigenvalue weighted by atomic mass is 10.1. The number of piperazine rings is 1. The van der Waals surface area contributed by atoms with Gasteiger partial charge >= 0.3 is 0 Å². The van der Waals surface area contributed by atoms with E-state index in [1.807, 2.05) is 9.80 Å². The van der Waals surface area contributed by atoms with Crippen LogP contribution in [0, 0.1) is 5.92 Å². The average Bonchev–Trinajstić information content (AvgIpc) is 2.26. The van der Waals surface area contributed by atoms with Gasteiger partial charge in [-0.25, -0.2) is 0 Å². The van der Waals surface area contributed by atoms with Gasteiger partial charge in [0.1, 0.15) is 0 Å². The van der Waals surface area contributed by atoms with Crippen molar-refractivity contribution in [2.75, 3.05) is 32.7 Å². The van der Waals surface area contributed by atoms with Crippen molar-refractivity contribution in [1.29, 1.82) is 0 Å². The minimum atomic E-state index is -0.301. The normalized spacial score (nSPS) is 17.5. The van der Waals surface area contributed by atoms with Crippen molar-refractivity contribution in [3.05, 3.63) is 0 Å². The van der Waals surface area contributed by atoms with Crippen LogP contribution in [0.15, 0.2) is 0 Å². The third-order valence-corrected chi connectivity index (χ3v) is 3.04. The molecule has 1 aliphatic rings. The van der Waals surface area contributed by atoms with Gasteiger partial charge in [0.25, 0.3) is 0 Å². The van der Waals surface area contributed by atoms with Crippen LogP contribution < -0.4 is 5.73 Å². The molecule has 0 saturated carbocycles. The molecule has 1 heterocycles. The number of carbonyl (C=O) groups excluding carboxylic acids is 2. The first-order valence-electron chi connectivity index (χ1n) is 6.27. The van der Waals surface area contributed by atoms with E-state index in [1.54, 1.807) is 0 Å². The maximum atomic E-state index is 11.8. The van der Waals surface area contributed by atoms with Gasteiger partial charge in [0.05, 0.1) is 6.54 Å². The zero-order valence-electron chi connectivity index (χ0n) is 10.8. The monoisotopic (exact) mass is 241 g/mol. The molecule has 17 heavy (non-hydrogen) atoms. The number of hydrogen-bond acceptors (Lipinski definition) is 3. The number of nitrogens with zero attached hydrogens (tertiary/aromatic N) is 2. The summed E-state index contributed by atoms with van der Waals surface area (Å²) in [5.41, 5.74) is 5.14. The van der Waals surface area contributed by atoms with E-state index in [4.69, 9.17) is 5.73 Å². The molecule has 5 nitrogen and oxygen atoms in total. The van der Waals surface area contributed by atoms with E-state index >= 15 is 0 Å². The molecule has 98 valence electrons. The highest BCUT2D eigenvalue weighted by Crippen LogP contribution is 2.08. The Bertz CT molecular complexity index is 271. The van der Waals surface area contributed by atoms with Crippen LogP contribution in [0.3, 0.4) is 0 Å². The number of rotatable bonds is 5. The Morgan fingerprint density at radius 1 is 1.18 bits per heavy atom. The predicted molar refractivity (Wildman–Crippen MR) is 66.3 cm³/mol. The Morgan fingerprint density at radius 2 is 1.76 bits per heavy atom. The smallest absolute Gasteiger partial charge is 0.231 e. The van der Waals surface area contributed by atoms with E-state index in [2.05, 4.69) is 13.8 Å². The molecule has 0 radical (unpaired) electrons. The highest BCUT2D eigenvalue weighted by molar-refractivity contribution is 5.77. The first-order valence-corrected chi connectivity index (χ1v) is 6.27. The first-order chi connectivity index (χ1) is 7.99. The maximum Gasteiger partial charge on any atom is 0.231 e. The maximum absolute atomic E-state index is 11.8. The molecule has 0 aromatic carbocycles. The van der Waals surface area contributed by atoms with Gasteiger partial charge in [0.2, 0.25) is 11.8 Å². The Balaban J connectivity index is 2.26. The molecule has 1 saturated heterocycles. The largest absolute Gasteiger partial charge is 0.369 e. The second-order valence-electron chi connectivity index (χ2n) is 5.06. The van der Waals surface area contributed by atoms with Crippen LogP contribution in [0.4, 0.5) is 0 Å². The molecule has 1 rings (SSSR count). The quantitative estimate of drug-likeness (QED) is 0.739. The molecule has 0 aromatic heterocycles. The zero-order chi connectivity index (χ0) is 12.8. The molecule has 0 unspecified atom stereocenters. The predicted octanol–water partition coefficient (Wildman–Crippen LogP) is 0.0521. The first kappa shape index (κ1) is 14.0. The van der Waals surface area contributed by atoms with Crippen LogP contribution in [0.1, 0.15) is 26.7 Å².